The van der Waals surface area contributed by atoms with Crippen LogP contribution in [0.25, 0.3) is 0 Å². The van der Waals surface area contributed by atoms with E-state index in [1.165, 1.54) is 17.8 Å². The van der Waals surface area contributed by atoms with Crippen LogP contribution in [0.5, 0.6) is 0 Å². The minimum absolute atomic E-state index is 0.00822. The summed E-state index contributed by atoms with van der Waals surface area (Å²) in [5.41, 5.74) is 2.72. The summed E-state index contributed by atoms with van der Waals surface area (Å²) in [6.07, 6.45) is 3.90. The average molecular weight is 373 g/mol. The van der Waals surface area contributed by atoms with Gasteiger partial charge >= 0.3 is 0 Å². The number of thioether (sulfide) groups is 1. The lowest BCUT2D eigenvalue weighted by atomic mass is 9.97. The Balaban J connectivity index is 1.53. The largest absolute Gasteiger partial charge is 0.326 e. The summed E-state index contributed by atoms with van der Waals surface area (Å²) in [4.78, 5) is 29.9. The number of benzene rings is 1. The van der Waals surface area contributed by atoms with E-state index in [0.717, 1.165) is 42.1 Å². The molecule has 0 saturated heterocycles. The van der Waals surface area contributed by atoms with Crippen molar-refractivity contribution < 1.29 is 9.18 Å². The Labute approximate surface area is 155 Å². The van der Waals surface area contributed by atoms with Gasteiger partial charge in [0, 0.05) is 23.4 Å². The van der Waals surface area contributed by atoms with Gasteiger partial charge in [-0.15, -0.1) is 0 Å². The first-order valence-corrected chi connectivity index (χ1v) is 9.84. The third kappa shape index (κ3) is 3.16. The highest BCUT2D eigenvalue weighted by Gasteiger charge is 2.30. The molecule has 2 aromatic rings. The standard InChI is InChI=1S/C19H20FN3O2S/c1-11-6-7-12(8-15(11)20)21-17(24)9-13-10-26-19-22-16-5-3-2-4-14(16)18(25)23(13)19/h6-8,13H,2-5,9-10H2,1H3,(H,21,24). The van der Waals surface area contributed by atoms with Crippen molar-refractivity contribution >= 4 is 23.4 Å². The third-order valence-corrected chi connectivity index (χ3v) is 6.10. The Kier molecular flexibility index (Phi) is 4.56. The smallest absolute Gasteiger partial charge is 0.257 e. The Morgan fingerprint density at radius 3 is 3.00 bits per heavy atom. The van der Waals surface area contributed by atoms with Crippen molar-refractivity contribution in [2.24, 2.45) is 0 Å². The number of amides is 1. The summed E-state index contributed by atoms with van der Waals surface area (Å²) in [5.74, 6) is 0.0776. The molecule has 0 spiro atoms. The van der Waals surface area contributed by atoms with Gasteiger partial charge in [-0.25, -0.2) is 9.37 Å². The maximum atomic E-state index is 13.6. The van der Waals surface area contributed by atoms with Gasteiger partial charge < -0.3 is 5.32 Å². The first-order valence-electron chi connectivity index (χ1n) is 8.86. The van der Waals surface area contributed by atoms with Crippen molar-refractivity contribution in [2.45, 2.75) is 50.2 Å². The molecule has 1 atom stereocenters. The van der Waals surface area contributed by atoms with E-state index < -0.39 is 0 Å². The highest BCUT2D eigenvalue weighted by molar-refractivity contribution is 7.99. The van der Waals surface area contributed by atoms with Crippen LogP contribution in [0.2, 0.25) is 0 Å². The molecule has 1 aromatic carbocycles. The zero-order valence-electron chi connectivity index (χ0n) is 14.5. The highest BCUT2D eigenvalue weighted by atomic mass is 32.2. The van der Waals surface area contributed by atoms with Crippen LogP contribution in [0, 0.1) is 12.7 Å². The van der Waals surface area contributed by atoms with Crippen molar-refractivity contribution in [1.82, 2.24) is 9.55 Å². The molecule has 2 aliphatic rings. The molecule has 1 aromatic heterocycles. The molecule has 0 radical (unpaired) electrons. The van der Waals surface area contributed by atoms with E-state index in [9.17, 15) is 14.0 Å². The van der Waals surface area contributed by atoms with Crippen LogP contribution in [-0.2, 0) is 17.6 Å². The first-order chi connectivity index (χ1) is 12.5. The molecule has 7 heteroatoms. The maximum Gasteiger partial charge on any atom is 0.257 e. The summed E-state index contributed by atoms with van der Waals surface area (Å²) in [6, 6.07) is 4.41. The Hall–Kier alpha value is -2.15. The van der Waals surface area contributed by atoms with Gasteiger partial charge in [0.25, 0.3) is 5.56 Å². The van der Waals surface area contributed by atoms with Gasteiger partial charge in [0.05, 0.1) is 11.7 Å². The molecule has 1 unspecified atom stereocenters. The first kappa shape index (κ1) is 17.3. The SMILES string of the molecule is Cc1ccc(NC(=O)CC2CSc3nc4c(c(=O)n32)CCCC4)cc1F. The summed E-state index contributed by atoms with van der Waals surface area (Å²) in [7, 11) is 0. The Morgan fingerprint density at radius 1 is 1.38 bits per heavy atom. The lowest BCUT2D eigenvalue weighted by Crippen LogP contribution is -2.32. The monoisotopic (exact) mass is 373 g/mol. The fourth-order valence-electron chi connectivity index (χ4n) is 3.56. The van der Waals surface area contributed by atoms with Crippen LogP contribution >= 0.6 is 11.8 Å². The number of halogens is 1. The predicted octanol–water partition coefficient (Wildman–Crippen LogP) is 3.25. The second-order valence-corrected chi connectivity index (χ2v) is 7.87. The minimum Gasteiger partial charge on any atom is -0.326 e. The molecule has 1 amide bonds. The van der Waals surface area contributed by atoms with E-state index in [4.69, 9.17) is 0 Å². The molecule has 5 nitrogen and oxygen atoms in total. The minimum atomic E-state index is -0.350. The van der Waals surface area contributed by atoms with Gasteiger partial charge in [-0.1, -0.05) is 17.8 Å². The van der Waals surface area contributed by atoms with Crippen LogP contribution in [0.1, 0.15) is 42.1 Å². The van der Waals surface area contributed by atoms with Crippen LogP contribution in [-0.4, -0.2) is 21.2 Å². The number of nitrogens with zero attached hydrogens (tertiary/aromatic N) is 2. The molecule has 4 rings (SSSR count). The normalized spacial score (nSPS) is 18.3. The number of hydrogen-bond acceptors (Lipinski definition) is 4. The zero-order chi connectivity index (χ0) is 18.3. The van der Waals surface area contributed by atoms with Crippen LogP contribution < -0.4 is 10.9 Å². The molecular formula is C19H20FN3O2S. The van der Waals surface area contributed by atoms with E-state index in [2.05, 4.69) is 10.3 Å². The van der Waals surface area contributed by atoms with Crippen LogP contribution in [0.3, 0.4) is 0 Å². The number of aryl methyl sites for hydroxylation is 2. The summed E-state index contributed by atoms with van der Waals surface area (Å²) < 4.78 is 15.3. The molecule has 1 aliphatic carbocycles. The maximum absolute atomic E-state index is 13.6. The Morgan fingerprint density at radius 2 is 2.19 bits per heavy atom. The van der Waals surface area contributed by atoms with Crippen molar-refractivity contribution in [3.8, 4) is 0 Å². The van der Waals surface area contributed by atoms with E-state index in [0.29, 0.717) is 17.0 Å². The fraction of sp³-hybridized carbons (Fsp3) is 0.421. The molecule has 1 N–H and O–H groups in total. The molecule has 136 valence electrons. The van der Waals surface area contributed by atoms with Gasteiger partial charge in [-0.2, -0.15) is 0 Å². The number of carbonyl (C=O) groups excluding carboxylic acids is 1. The summed E-state index contributed by atoms with van der Waals surface area (Å²) in [6.45, 7) is 1.67. The average Bonchev–Trinajstić information content (AvgIpc) is 3.01. The lowest BCUT2D eigenvalue weighted by molar-refractivity contribution is -0.116. The Bertz CT molecular complexity index is 941. The predicted molar refractivity (Wildman–Crippen MR) is 99.3 cm³/mol. The van der Waals surface area contributed by atoms with Crippen molar-refractivity contribution in [2.75, 3.05) is 11.1 Å². The number of carbonyl (C=O) groups is 1. The molecule has 0 fully saturated rings. The van der Waals surface area contributed by atoms with E-state index in [1.54, 1.807) is 23.6 Å². The number of anilines is 1. The lowest BCUT2D eigenvalue weighted by Gasteiger charge is -2.18. The van der Waals surface area contributed by atoms with Gasteiger partial charge in [0.15, 0.2) is 5.16 Å². The third-order valence-electron chi connectivity index (χ3n) is 5.00. The quantitative estimate of drug-likeness (QED) is 0.839. The molecular weight excluding hydrogens is 353 g/mol. The summed E-state index contributed by atoms with van der Waals surface area (Å²) in [5, 5.41) is 3.44. The number of hydrogen-bond donors (Lipinski definition) is 1. The fourth-order valence-corrected chi connectivity index (χ4v) is 4.71. The van der Waals surface area contributed by atoms with Crippen LogP contribution in [0.4, 0.5) is 10.1 Å². The second kappa shape index (κ2) is 6.87. The van der Waals surface area contributed by atoms with E-state index in [1.807, 2.05) is 0 Å². The molecule has 1 aliphatic heterocycles. The van der Waals surface area contributed by atoms with Gasteiger partial charge in [0.2, 0.25) is 5.91 Å². The molecule has 0 bridgehead atoms. The molecule has 0 saturated carbocycles. The number of fused-ring (bicyclic) bond motifs is 2. The zero-order valence-corrected chi connectivity index (χ0v) is 15.4. The number of rotatable bonds is 3. The van der Waals surface area contributed by atoms with Crippen molar-refractivity contribution in [1.29, 1.82) is 0 Å². The van der Waals surface area contributed by atoms with Crippen molar-refractivity contribution in [3.05, 3.63) is 51.2 Å². The number of nitrogens with one attached hydrogen (secondary N) is 1. The van der Waals surface area contributed by atoms with E-state index in [-0.39, 0.29) is 29.7 Å². The molecule has 26 heavy (non-hydrogen) atoms. The highest BCUT2D eigenvalue weighted by Crippen LogP contribution is 2.34. The number of aromatic nitrogens is 2. The second-order valence-electron chi connectivity index (χ2n) is 6.88. The van der Waals surface area contributed by atoms with Crippen molar-refractivity contribution in [3.63, 3.8) is 0 Å². The van der Waals surface area contributed by atoms with E-state index >= 15 is 0 Å². The van der Waals surface area contributed by atoms with Gasteiger partial charge in [-0.3, -0.25) is 14.2 Å². The van der Waals surface area contributed by atoms with Gasteiger partial charge in [-0.05, 0) is 50.3 Å². The summed E-state index contributed by atoms with van der Waals surface area (Å²) >= 11 is 1.53. The molecule has 2 heterocycles. The van der Waals surface area contributed by atoms with Gasteiger partial charge in [0.1, 0.15) is 5.82 Å². The van der Waals surface area contributed by atoms with Crippen LogP contribution in [0.15, 0.2) is 28.2 Å². The topological polar surface area (TPSA) is 64.0 Å².